The molecule has 1 aliphatic heterocycles. The first kappa shape index (κ1) is 13.0. The Labute approximate surface area is 94.6 Å². The first-order valence-electron chi connectivity index (χ1n) is 6.12. The molecule has 0 unspecified atom stereocenters. The summed E-state index contributed by atoms with van der Waals surface area (Å²) in [6.45, 7) is 12.6. The number of rotatable bonds is 2. The lowest BCUT2D eigenvalue weighted by Crippen LogP contribution is -2.63. The molecule has 0 aromatic rings. The zero-order valence-electron chi connectivity index (χ0n) is 11.1. The van der Waals surface area contributed by atoms with Crippen LogP contribution in [0.4, 0.5) is 4.32 Å². The monoisotopic (exact) mass is 213 g/mol. The molecule has 15 heavy (non-hydrogen) atoms. The topological polar surface area (TPSA) is 3.24 Å². The van der Waals surface area contributed by atoms with E-state index < -0.39 is 7.12 Å². The van der Waals surface area contributed by atoms with Crippen LogP contribution in [0, 0.1) is 0 Å². The Kier molecular flexibility index (Phi) is 3.54. The van der Waals surface area contributed by atoms with Gasteiger partial charge in [-0.3, -0.25) is 0 Å². The molecule has 0 radical (unpaired) electrons. The first-order valence-corrected chi connectivity index (χ1v) is 6.12. The van der Waals surface area contributed by atoms with Crippen molar-refractivity contribution in [2.45, 2.75) is 77.7 Å². The Bertz CT molecular complexity index is 210. The van der Waals surface area contributed by atoms with E-state index in [9.17, 15) is 4.32 Å². The molecule has 1 heterocycles. The first-order chi connectivity index (χ1) is 6.68. The number of piperidine rings is 1. The number of hydrogen-bond acceptors (Lipinski definition) is 1. The molecule has 88 valence electrons. The molecular formula is C12H25BFN. The highest BCUT2D eigenvalue weighted by Crippen LogP contribution is 2.40. The van der Waals surface area contributed by atoms with Crippen LogP contribution < -0.4 is 0 Å². The molecular weight excluding hydrogens is 188 g/mol. The smallest absolute Gasteiger partial charge is 0.311 e. The lowest BCUT2D eigenvalue weighted by Gasteiger charge is -2.54. The van der Waals surface area contributed by atoms with Crippen LogP contribution >= 0.6 is 0 Å². The third-order valence-corrected chi connectivity index (χ3v) is 3.68. The van der Waals surface area contributed by atoms with Crippen LogP contribution in [0.3, 0.4) is 0 Å². The second-order valence-corrected chi connectivity index (χ2v) is 6.47. The van der Waals surface area contributed by atoms with E-state index >= 15 is 0 Å². The Hall–Kier alpha value is -0.0451. The third kappa shape index (κ3) is 2.55. The quantitative estimate of drug-likeness (QED) is 0.629. The zero-order chi connectivity index (χ0) is 11.9. The predicted molar refractivity (Wildman–Crippen MR) is 65.8 cm³/mol. The minimum absolute atomic E-state index is 0.00850. The van der Waals surface area contributed by atoms with E-state index in [-0.39, 0.29) is 16.9 Å². The third-order valence-electron chi connectivity index (χ3n) is 3.68. The Morgan fingerprint density at radius 2 is 1.47 bits per heavy atom. The molecule has 1 aliphatic rings. The van der Waals surface area contributed by atoms with E-state index in [2.05, 4.69) is 32.5 Å². The zero-order valence-corrected chi connectivity index (χ0v) is 11.1. The molecule has 1 nitrogen and oxygen atoms in total. The van der Waals surface area contributed by atoms with Crippen molar-refractivity contribution in [1.29, 1.82) is 0 Å². The summed E-state index contributed by atoms with van der Waals surface area (Å²) in [6.07, 6.45) is 3.41. The summed E-state index contributed by atoms with van der Waals surface area (Å²) in [4.78, 5) is 2.09. The van der Waals surface area contributed by atoms with E-state index in [4.69, 9.17) is 0 Å². The SMILES string of the molecule is CC(C)B(F)N1C(C)(C)CCCC1(C)C. The minimum atomic E-state index is -0.824. The van der Waals surface area contributed by atoms with Crippen LogP contribution in [0.25, 0.3) is 0 Å². The summed E-state index contributed by atoms with van der Waals surface area (Å²) in [7, 11) is -0.824. The fourth-order valence-corrected chi connectivity index (χ4v) is 2.98. The molecule has 1 fully saturated rings. The van der Waals surface area contributed by atoms with Gasteiger partial charge >= 0.3 is 7.12 Å². The van der Waals surface area contributed by atoms with Crippen LogP contribution in [0.15, 0.2) is 0 Å². The Morgan fingerprint density at radius 3 is 1.80 bits per heavy atom. The largest absolute Gasteiger partial charge is 0.434 e. The van der Waals surface area contributed by atoms with Crippen LogP contribution in [-0.4, -0.2) is 23.0 Å². The molecule has 0 spiro atoms. The molecule has 0 N–H and O–H groups in total. The fraction of sp³-hybridized carbons (Fsp3) is 1.00. The van der Waals surface area contributed by atoms with Gasteiger partial charge in [0.15, 0.2) is 0 Å². The van der Waals surface area contributed by atoms with Gasteiger partial charge in [0.1, 0.15) is 0 Å². The van der Waals surface area contributed by atoms with Gasteiger partial charge < -0.3 is 9.13 Å². The second-order valence-electron chi connectivity index (χ2n) is 6.47. The van der Waals surface area contributed by atoms with Crippen molar-refractivity contribution < 1.29 is 4.32 Å². The highest BCUT2D eigenvalue weighted by molar-refractivity contribution is 6.50. The molecule has 3 heteroatoms. The Balaban J connectivity index is 2.96. The molecule has 0 saturated carbocycles. The van der Waals surface area contributed by atoms with Gasteiger partial charge in [-0.1, -0.05) is 13.8 Å². The summed E-state index contributed by atoms with van der Waals surface area (Å²) in [5.41, 5.74) is -0.0170. The van der Waals surface area contributed by atoms with Gasteiger partial charge in [0.2, 0.25) is 0 Å². The van der Waals surface area contributed by atoms with Crippen molar-refractivity contribution >= 4 is 7.12 Å². The van der Waals surface area contributed by atoms with E-state index in [1.807, 2.05) is 13.8 Å². The van der Waals surface area contributed by atoms with Crippen molar-refractivity contribution in [1.82, 2.24) is 4.81 Å². The molecule has 0 aromatic heterocycles. The number of hydrogen-bond donors (Lipinski definition) is 0. The molecule has 0 atom stereocenters. The van der Waals surface area contributed by atoms with Crippen LogP contribution in [-0.2, 0) is 0 Å². The maximum Gasteiger partial charge on any atom is 0.434 e. The van der Waals surface area contributed by atoms with Gasteiger partial charge in [-0.05, 0) is 52.8 Å². The van der Waals surface area contributed by atoms with E-state index in [1.165, 1.54) is 6.42 Å². The number of halogens is 1. The van der Waals surface area contributed by atoms with E-state index in [1.54, 1.807) is 0 Å². The van der Waals surface area contributed by atoms with Gasteiger partial charge in [0.25, 0.3) is 0 Å². The summed E-state index contributed by atoms with van der Waals surface area (Å²) in [5.74, 6) is 0.0710. The second kappa shape index (κ2) is 4.08. The summed E-state index contributed by atoms with van der Waals surface area (Å²) >= 11 is 0. The number of nitrogens with zero attached hydrogens (tertiary/aromatic N) is 1. The van der Waals surface area contributed by atoms with Gasteiger partial charge in [-0.25, -0.2) is 0 Å². The predicted octanol–water partition coefficient (Wildman–Crippen LogP) is 3.90. The van der Waals surface area contributed by atoms with Gasteiger partial charge in [0, 0.05) is 11.1 Å². The highest BCUT2D eigenvalue weighted by atomic mass is 19.1. The van der Waals surface area contributed by atoms with Crippen molar-refractivity contribution in [3.63, 3.8) is 0 Å². The van der Waals surface area contributed by atoms with Crippen molar-refractivity contribution in [2.24, 2.45) is 0 Å². The van der Waals surface area contributed by atoms with Crippen LogP contribution in [0.2, 0.25) is 5.82 Å². The normalized spacial score (nSPS) is 25.6. The molecule has 1 saturated heterocycles. The van der Waals surface area contributed by atoms with Crippen LogP contribution in [0.5, 0.6) is 0 Å². The van der Waals surface area contributed by atoms with E-state index in [0.29, 0.717) is 0 Å². The van der Waals surface area contributed by atoms with E-state index in [0.717, 1.165) is 12.8 Å². The molecule has 1 rings (SSSR count). The average molecular weight is 213 g/mol. The molecule has 0 aromatic carbocycles. The molecule has 0 bridgehead atoms. The summed E-state index contributed by atoms with van der Waals surface area (Å²) in [6, 6.07) is 0. The van der Waals surface area contributed by atoms with Crippen molar-refractivity contribution in [3.05, 3.63) is 0 Å². The average Bonchev–Trinajstić information content (AvgIpc) is 1.99. The maximum atomic E-state index is 14.3. The standard InChI is InChI=1S/C12H25BFN/c1-10(2)13(14)15-11(3,4)8-7-9-12(15,5)6/h10H,7-9H2,1-6H3. The molecule has 0 amide bonds. The Morgan fingerprint density at radius 1 is 1.07 bits per heavy atom. The van der Waals surface area contributed by atoms with Gasteiger partial charge in [-0.15, -0.1) is 0 Å². The highest BCUT2D eigenvalue weighted by Gasteiger charge is 2.48. The van der Waals surface area contributed by atoms with Crippen molar-refractivity contribution in [2.75, 3.05) is 0 Å². The lowest BCUT2D eigenvalue weighted by molar-refractivity contribution is 0.0395. The summed E-state index contributed by atoms with van der Waals surface area (Å²) < 4.78 is 14.3. The molecule has 0 aliphatic carbocycles. The maximum absolute atomic E-state index is 14.3. The van der Waals surface area contributed by atoms with Crippen LogP contribution in [0.1, 0.15) is 60.8 Å². The van der Waals surface area contributed by atoms with Gasteiger partial charge in [-0.2, -0.15) is 0 Å². The van der Waals surface area contributed by atoms with Crippen molar-refractivity contribution in [3.8, 4) is 0 Å². The summed E-state index contributed by atoms with van der Waals surface area (Å²) in [5, 5.41) is 0. The minimum Gasteiger partial charge on any atom is -0.311 e. The van der Waals surface area contributed by atoms with Gasteiger partial charge in [0.05, 0.1) is 0 Å². The lowest BCUT2D eigenvalue weighted by atomic mass is 9.62. The fourth-order valence-electron chi connectivity index (χ4n) is 2.98.